The SMILES string of the molecule is CC[C@@H](Oc1cccc(C)c1C)C(=O)NCCSc1ccc(C)cc1. The van der Waals surface area contributed by atoms with Gasteiger partial charge in [0.25, 0.3) is 5.91 Å². The predicted octanol–water partition coefficient (Wildman–Crippen LogP) is 4.68. The van der Waals surface area contributed by atoms with E-state index < -0.39 is 6.10 Å². The summed E-state index contributed by atoms with van der Waals surface area (Å²) in [5.41, 5.74) is 3.51. The molecule has 0 aromatic heterocycles. The Kier molecular flexibility index (Phi) is 7.38. The van der Waals surface area contributed by atoms with Crippen LogP contribution in [0.2, 0.25) is 0 Å². The number of aryl methyl sites for hydroxylation is 2. The molecule has 3 nitrogen and oxygen atoms in total. The van der Waals surface area contributed by atoms with Crippen LogP contribution in [0.25, 0.3) is 0 Å². The number of amides is 1. The second kappa shape index (κ2) is 9.52. The molecule has 25 heavy (non-hydrogen) atoms. The minimum atomic E-state index is -0.454. The molecule has 1 amide bonds. The lowest BCUT2D eigenvalue weighted by molar-refractivity contribution is -0.128. The molecule has 0 aliphatic carbocycles. The maximum Gasteiger partial charge on any atom is 0.261 e. The molecule has 0 saturated carbocycles. The van der Waals surface area contributed by atoms with Gasteiger partial charge in [0.2, 0.25) is 0 Å². The zero-order valence-electron chi connectivity index (χ0n) is 15.5. The Hall–Kier alpha value is -1.94. The van der Waals surface area contributed by atoms with Gasteiger partial charge in [0.05, 0.1) is 0 Å². The molecule has 0 heterocycles. The summed E-state index contributed by atoms with van der Waals surface area (Å²) in [6, 6.07) is 14.4. The summed E-state index contributed by atoms with van der Waals surface area (Å²) in [5.74, 6) is 1.58. The molecule has 1 atom stereocenters. The van der Waals surface area contributed by atoms with E-state index >= 15 is 0 Å². The summed E-state index contributed by atoms with van der Waals surface area (Å²) >= 11 is 1.74. The fourth-order valence-electron chi connectivity index (χ4n) is 2.42. The number of carbonyl (C=O) groups is 1. The molecule has 0 fully saturated rings. The number of thioether (sulfide) groups is 1. The van der Waals surface area contributed by atoms with Crippen molar-refractivity contribution in [2.75, 3.05) is 12.3 Å². The smallest absolute Gasteiger partial charge is 0.261 e. The summed E-state index contributed by atoms with van der Waals surface area (Å²) in [6.45, 7) is 8.75. The van der Waals surface area contributed by atoms with E-state index in [-0.39, 0.29) is 5.91 Å². The van der Waals surface area contributed by atoms with Gasteiger partial charge in [-0.3, -0.25) is 4.79 Å². The first-order chi connectivity index (χ1) is 12.0. The van der Waals surface area contributed by atoms with Crippen molar-refractivity contribution in [2.24, 2.45) is 0 Å². The van der Waals surface area contributed by atoms with Gasteiger partial charge in [-0.15, -0.1) is 11.8 Å². The third-order valence-electron chi connectivity index (χ3n) is 4.18. The lowest BCUT2D eigenvalue weighted by Crippen LogP contribution is -2.39. The van der Waals surface area contributed by atoms with Crippen LogP contribution in [0, 0.1) is 20.8 Å². The molecule has 0 bridgehead atoms. The van der Waals surface area contributed by atoms with E-state index in [0.717, 1.165) is 17.1 Å². The van der Waals surface area contributed by atoms with Crippen LogP contribution in [0.15, 0.2) is 47.4 Å². The van der Waals surface area contributed by atoms with Crippen molar-refractivity contribution in [3.63, 3.8) is 0 Å². The zero-order valence-corrected chi connectivity index (χ0v) is 16.3. The fraction of sp³-hybridized carbons (Fsp3) is 0.381. The average molecular weight is 358 g/mol. The number of carbonyl (C=O) groups excluding carboxylic acids is 1. The molecule has 4 heteroatoms. The number of benzene rings is 2. The Labute approximate surface area is 155 Å². The molecule has 0 aliphatic rings. The molecule has 0 radical (unpaired) electrons. The van der Waals surface area contributed by atoms with Crippen LogP contribution in [0.3, 0.4) is 0 Å². The lowest BCUT2D eigenvalue weighted by atomic mass is 10.1. The fourth-order valence-corrected chi connectivity index (χ4v) is 3.19. The van der Waals surface area contributed by atoms with E-state index in [9.17, 15) is 4.79 Å². The lowest BCUT2D eigenvalue weighted by Gasteiger charge is -2.19. The first kappa shape index (κ1) is 19.4. The molecule has 2 aromatic rings. The van der Waals surface area contributed by atoms with Crippen molar-refractivity contribution in [3.8, 4) is 5.75 Å². The van der Waals surface area contributed by atoms with Gasteiger partial charge in [0.15, 0.2) is 6.10 Å². The van der Waals surface area contributed by atoms with Gasteiger partial charge in [0.1, 0.15) is 5.75 Å². The maximum absolute atomic E-state index is 12.4. The summed E-state index contributed by atoms with van der Waals surface area (Å²) in [6.07, 6.45) is 0.189. The molecule has 0 aliphatic heterocycles. The van der Waals surface area contributed by atoms with Crippen molar-refractivity contribution >= 4 is 17.7 Å². The number of nitrogens with one attached hydrogen (secondary N) is 1. The number of hydrogen-bond acceptors (Lipinski definition) is 3. The predicted molar refractivity (Wildman–Crippen MR) is 106 cm³/mol. The van der Waals surface area contributed by atoms with Gasteiger partial charge in [-0.05, 0) is 56.5 Å². The molecule has 2 aromatic carbocycles. The highest BCUT2D eigenvalue weighted by molar-refractivity contribution is 7.99. The van der Waals surface area contributed by atoms with Gasteiger partial charge >= 0.3 is 0 Å². The number of ether oxygens (including phenoxy) is 1. The molecule has 0 unspecified atom stereocenters. The summed E-state index contributed by atoms with van der Waals surface area (Å²) in [7, 11) is 0. The third kappa shape index (κ3) is 5.82. The van der Waals surface area contributed by atoms with E-state index in [4.69, 9.17) is 4.74 Å². The Bertz CT molecular complexity index is 698. The Morgan fingerprint density at radius 2 is 1.84 bits per heavy atom. The highest BCUT2D eigenvalue weighted by Crippen LogP contribution is 2.22. The molecular formula is C21H27NO2S. The molecule has 2 rings (SSSR count). The first-order valence-electron chi connectivity index (χ1n) is 8.71. The Morgan fingerprint density at radius 3 is 2.52 bits per heavy atom. The van der Waals surface area contributed by atoms with Crippen LogP contribution < -0.4 is 10.1 Å². The van der Waals surface area contributed by atoms with Crippen LogP contribution in [0.4, 0.5) is 0 Å². The minimum absolute atomic E-state index is 0.0482. The standard InChI is InChI=1S/C21H27NO2S/c1-5-19(24-20-8-6-7-16(3)17(20)4)21(23)22-13-14-25-18-11-9-15(2)10-12-18/h6-12,19H,5,13-14H2,1-4H3,(H,22,23)/t19-/m1/s1. The van der Waals surface area contributed by atoms with Gasteiger partial charge in [-0.25, -0.2) is 0 Å². The monoisotopic (exact) mass is 357 g/mol. The van der Waals surface area contributed by atoms with Crippen LogP contribution in [-0.2, 0) is 4.79 Å². The highest BCUT2D eigenvalue weighted by Gasteiger charge is 2.18. The van der Waals surface area contributed by atoms with E-state index in [1.807, 2.05) is 39.0 Å². The Balaban J connectivity index is 1.81. The number of hydrogen-bond donors (Lipinski definition) is 1. The molecule has 1 N–H and O–H groups in total. The third-order valence-corrected chi connectivity index (χ3v) is 5.19. The summed E-state index contributed by atoms with van der Waals surface area (Å²) in [5, 5.41) is 2.98. The van der Waals surface area contributed by atoms with Crippen LogP contribution in [0.1, 0.15) is 30.0 Å². The topological polar surface area (TPSA) is 38.3 Å². The van der Waals surface area contributed by atoms with E-state index in [1.165, 1.54) is 16.0 Å². The summed E-state index contributed by atoms with van der Waals surface area (Å²) < 4.78 is 5.95. The molecular weight excluding hydrogens is 330 g/mol. The van der Waals surface area contributed by atoms with Gasteiger partial charge < -0.3 is 10.1 Å². The normalized spacial score (nSPS) is 11.8. The van der Waals surface area contributed by atoms with Crippen molar-refractivity contribution in [1.29, 1.82) is 0 Å². The molecule has 0 saturated heterocycles. The van der Waals surface area contributed by atoms with Crippen LogP contribution in [-0.4, -0.2) is 24.3 Å². The first-order valence-corrected chi connectivity index (χ1v) is 9.70. The highest BCUT2D eigenvalue weighted by atomic mass is 32.2. The molecule has 0 spiro atoms. The van der Waals surface area contributed by atoms with Gasteiger partial charge in [-0.1, -0.05) is 36.8 Å². The van der Waals surface area contributed by atoms with E-state index in [2.05, 4.69) is 36.5 Å². The minimum Gasteiger partial charge on any atom is -0.480 e. The van der Waals surface area contributed by atoms with Crippen molar-refractivity contribution in [1.82, 2.24) is 5.32 Å². The summed E-state index contributed by atoms with van der Waals surface area (Å²) in [4.78, 5) is 13.6. The Morgan fingerprint density at radius 1 is 1.12 bits per heavy atom. The quantitative estimate of drug-likeness (QED) is 0.551. The van der Waals surface area contributed by atoms with Gasteiger partial charge in [-0.2, -0.15) is 0 Å². The zero-order chi connectivity index (χ0) is 18.2. The van der Waals surface area contributed by atoms with E-state index in [0.29, 0.717) is 13.0 Å². The second-order valence-corrected chi connectivity index (χ2v) is 7.33. The van der Waals surface area contributed by atoms with Crippen LogP contribution in [0.5, 0.6) is 5.75 Å². The van der Waals surface area contributed by atoms with Gasteiger partial charge in [0, 0.05) is 17.2 Å². The largest absolute Gasteiger partial charge is 0.480 e. The second-order valence-electron chi connectivity index (χ2n) is 6.17. The number of rotatable bonds is 8. The molecule has 134 valence electrons. The van der Waals surface area contributed by atoms with Crippen molar-refractivity contribution in [3.05, 3.63) is 59.2 Å². The van der Waals surface area contributed by atoms with E-state index in [1.54, 1.807) is 11.8 Å². The van der Waals surface area contributed by atoms with Crippen molar-refractivity contribution in [2.45, 2.75) is 45.1 Å². The average Bonchev–Trinajstić information content (AvgIpc) is 2.61. The van der Waals surface area contributed by atoms with Crippen molar-refractivity contribution < 1.29 is 9.53 Å². The van der Waals surface area contributed by atoms with Crippen LogP contribution >= 0.6 is 11.8 Å². The maximum atomic E-state index is 12.4.